The van der Waals surface area contributed by atoms with Gasteiger partial charge in [0.25, 0.3) is 0 Å². The Bertz CT molecular complexity index is 508. The van der Waals surface area contributed by atoms with Gasteiger partial charge in [-0.05, 0) is 44.5 Å². The fourth-order valence-electron chi connectivity index (χ4n) is 2.17. The number of ether oxygens (including phenoxy) is 1. The first-order chi connectivity index (χ1) is 10.2. The maximum Gasteiger partial charge on any atom is 0.137 e. The van der Waals surface area contributed by atoms with Crippen molar-refractivity contribution in [1.82, 2.24) is 20.1 Å². The second-order valence-corrected chi connectivity index (χ2v) is 5.36. The highest BCUT2D eigenvalue weighted by atomic mass is 16.5. The van der Waals surface area contributed by atoms with Crippen LogP contribution in [-0.4, -0.2) is 27.4 Å². The molecule has 0 spiro atoms. The lowest BCUT2D eigenvalue weighted by Gasteiger charge is -2.19. The third kappa shape index (κ3) is 4.86. The third-order valence-corrected chi connectivity index (χ3v) is 3.13. The summed E-state index contributed by atoms with van der Waals surface area (Å²) in [6, 6.07) is 8.50. The first kappa shape index (κ1) is 15.5. The van der Waals surface area contributed by atoms with Gasteiger partial charge in [0.2, 0.25) is 0 Å². The van der Waals surface area contributed by atoms with Crippen LogP contribution in [0.1, 0.15) is 38.8 Å². The maximum absolute atomic E-state index is 5.69. The zero-order valence-corrected chi connectivity index (χ0v) is 13.0. The van der Waals surface area contributed by atoms with Crippen LogP contribution >= 0.6 is 0 Å². The molecule has 2 aromatic rings. The normalized spacial score (nSPS) is 12.6. The van der Waals surface area contributed by atoms with E-state index >= 15 is 0 Å². The highest BCUT2D eigenvalue weighted by molar-refractivity contribution is 5.29. The molecule has 2 rings (SSSR count). The summed E-state index contributed by atoms with van der Waals surface area (Å²) < 4.78 is 7.54. The predicted octanol–water partition coefficient (Wildman–Crippen LogP) is 2.81. The highest BCUT2D eigenvalue weighted by Crippen LogP contribution is 2.20. The van der Waals surface area contributed by atoms with Gasteiger partial charge in [-0.2, -0.15) is 5.10 Å². The van der Waals surface area contributed by atoms with E-state index in [4.69, 9.17) is 4.74 Å². The average molecular weight is 288 g/mol. The predicted molar refractivity (Wildman–Crippen MR) is 83.3 cm³/mol. The molecule has 1 unspecified atom stereocenters. The van der Waals surface area contributed by atoms with E-state index in [0.717, 1.165) is 25.3 Å². The van der Waals surface area contributed by atoms with Crippen molar-refractivity contribution in [1.29, 1.82) is 0 Å². The molecule has 0 amide bonds. The Morgan fingerprint density at radius 3 is 2.57 bits per heavy atom. The van der Waals surface area contributed by atoms with Crippen molar-refractivity contribution in [3.8, 4) is 5.75 Å². The topological polar surface area (TPSA) is 52.0 Å². The first-order valence-electron chi connectivity index (χ1n) is 7.51. The van der Waals surface area contributed by atoms with Crippen LogP contribution in [0.5, 0.6) is 5.75 Å². The van der Waals surface area contributed by atoms with E-state index in [0.29, 0.717) is 0 Å². The van der Waals surface area contributed by atoms with Gasteiger partial charge in [0.1, 0.15) is 18.4 Å². The van der Waals surface area contributed by atoms with E-state index in [2.05, 4.69) is 34.5 Å². The van der Waals surface area contributed by atoms with Crippen LogP contribution in [0.2, 0.25) is 0 Å². The number of nitrogens with one attached hydrogen (secondary N) is 1. The molecule has 0 aliphatic heterocycles. The summed E-state index contributed by atoms with van der Waals surface area (Å²) in [6.07, 6.45) is 4.61. The van der Waals surface area contributed by atoms with Gasteiger partial charge in [-0.3, -0.25) is 4.68 Å². The number of hydrogen-bond donors (Lipinski definition) is 1. The zero-order valence-electron chi connectivity index (χ0n) is 13.0. The van der Waals surface area contributed by atoms with Crippen molar-refractivity contribution in [3.05, 3.63) is 42.5 Å². The second kappa shape index (κ2) is 7.78. The number of benzene rings is 1. The molecule has 5 heteroatoms. The molecule has 0 bridgehead atoms. The Kier molecular flexibility index (Phi) is 5.75. The van der Waals surface area contributed by atoms with E-state index in [-0.39, 0.29) is 12.1 Å². The van der Waals surface area contributed by atoms with Crippen LogP contribution in [0.3, 0.4) is 0 Å². The van der Waals surface area contributed by atoms with Crippen molar-refractivity contribution >= 4 is 0 Å². The van der Waals surface area contributed by atoms with Gasteiger partial charge in [0.15, 0.2) is 0 Å². The lowest BCUT2D eigenvalue weighted by Crippen LogP contribution is -2.26. The van der Waals surface area contributed by atoms with E-state index < -0.39 is 0 Å². The third-order valence-electron chi connectivity index (χ3n) is 3.13. The van der Waals surface area contributed by atoms with Crippen LogP contribution in [0.25, 0.3) is 0 Å². The molecule has 1 aromatic heterocycles. The molecule has 0 aliphatic carbocycles. The molecule has 114 valence electrons. The van der Waals surface area contributed by atoms with Gasteiger partial charge >= 0.3 is 0 Å². The minimum Gasteiger partial charge on any atom is -0.491 e. The van der Waals surface area contributed by atoms with E-state index in [1.807, 2.05) is 30.7 Å². The number of aromatic nitrogens is 3. The number of nitrogens with zero attached hydrogens (tertiary/aromatic N) is 3. The zero-order chi connectivity index (χ0) is 15.1. The Morgan fingerprint density at radius 1 is 1.24 bits per heavy atom. The number of hydrogen-bond acceptors (Lipinski definition) is 4. The van der Waals surface area contributed by atoms with Crippen LogP contribution in [0.4, 0.5) is 0 Å². The summed E-state index contributed by atoms with van der Waals surface area (Å²) in [6.45, 7) is 7.97. The van der Waals surface area contributed by atoms with Crippen molar-refractivity contribution in [2.45, 2.75) is 45.9 Å². The Hall–Kier alpha value is -1.88. The van der Waals surface area contributed by atoms with Crippen LogP contribution in [0.15, 0.2) is 36.9 Å². The van der Waals surface area contributed by atoms with Gasteiger partial charge in [0, 0.05) is 0 Å². The molecule has 1 heterocycles. The lowest BCUT2D eigenvalue weighted by atomic mass is 10.1. The maximum atomic E-state index is 5.69. The lowest BCUT2D eigenvalue weighted by molar-refractivity contribution is 0.242. The summed E-state index contributed by atoms with van der Waals surface area (Å²) >= 11 is 0. The molecule has 0 fully saturated rings. The summed E-state index contributed by atoms with van der Waals surface area (Å²) in [7, 11) is 0. The largest absolute Gasteiger partial charge is 0.491 e. The number of rotatable bonds is 8. The van der Waals surface area contributed by atoms with Gasteiger partial charge in [0.05, 0.1) is 18.7 Å². The molecule has 0 saturated heterocycles. The molecular weight excluding hydrogens is 264 g/mol. The Labute approximate surface area is 126 Å². The summed E-state index contributed by atoms with van der Waals surface area (Å²) in [5.41, 5.74) is 1.23. The molecule has 1 atom stereocenters. The first-order valence-corrected chi connectivity index (χ1v) is 7.51. The Balaban J connectivity index is 2.08. The summed E-state index contributed by atoms with van der Waals surface area (Å²) in [5, 5.41) is 7.74. The smallest absolute Gasteiger partial charge is 0.137 e. The monoisotopic (exact) mass is 288 g/mol. The van der Waals surface area contributed by atoms with E-state index in [9.17, 15) is 0 Å². The molecule has 21 heavy (non-hydrogen) atoms. The molecule has 0 saturated carbocycles. The van der Waals surface area contributed by atoms with Crippen LogP contribution in [-0.2, 0) is 6.54 Å². The summed E-state index contributed by atoms with van der Waals surface area (Å²) in [4.78, 5) is 4.00. The fourth-order valence-corrected chi connectivity index (χ4v) is 2.17. The van der Waals surface area contributed by atoms with Crippen molar-refractivity contribution in [3.63, 3.8) is 0 Å². The summed E-state index contributed by atoms with van der Waals surface area (Å²) in [5.74, 6) is 0.906. The molecule has 0 radical (unpaired) electrons. The quantitative estimate of drug-likeness (QED) is 0.811. The van der Waals surface area contributed by atoms with Gasteiger partial charge in [-0.15, -0.1) is 0 Å². The SMILES string of the molecule is CCCNC(Cn1cncn1)c1ccc(OC(C)C)cc1. The molecule has 0 aliphatic rings. The second-order valence-electron chi connectivity index (χ2n) is 5.36. The van der Waals surface area contributed by atoms with Crippen molar-refractivity contribution in [2.75, 3.05) is 6.54 Å². The fraction of sp³-hybridized carbons (Fsp3) is 0.500. The highest BCUT2D eigenvalue weighted by Gasteiger charge is 2.12. The minimum atomic E-state index is 0.194. The van der Waals surface area contributed by atoms with E-state index in [1.165, 1.54) is 5.56 Å². The standard InChI is InChI=1S/C16H24N4O/c1-4-9-18-16(10-20-12-17-11-19-20)14-5-7-15(8-6-14)21-13(2)3/h5-8,11-13,16,18H,4,9-10H2,1-3H3. The van der Waals surface area contributed by atoms with Gasteiger partial charge in [-0.1, -0.05) is 19.1 Å². The molecule has 1 aromatic carbocycles. The van der Waals surface area contributed by atoms with Crippen molar-refractivity contribution in [2.24, 2.45) is 0 Å². The molecular formula is C16H24N4O. The van der Waals surface area contributed by atoms with Crippen molar-refractivity contribution < 1.29 is 4.74 Å². The van der Waals surface area contributed by atoms with Crippen LogP contribution in [0, 0.1) is 0 Å². The van der Waals surface area contributed by atoms with E-state index in [1.54, 1.807) is 12.7 Å². The molecule has 1 N–H and O–H groups in total. The average Bonchev–Trinajstić information content (AvgIpc) is 2.97. The van der Waals surface area contributed by atoms with Gasteiger partial charge < -0.3 is 10.1 Å². The minimum absolute atomic E-state index is 0.194. The molecule has 5 nitrogen and oxygen atoms in total. The van der Waals surface area contributed by atoms with Gasteiger partial charge in [-0.25, -0.2) is 4.98 Å². The van der Waals surface area contributed by atoms with Crippen LogP contribution < -0.4 is 10.1 Å². The Morgan fingerprint density at radius 2 is 2.00 bits per heavy atom.